The predicted molar refractivity (Wildman–Crippen MR) is 186 cm³/mol. The summed E-state index contributed by atoms with van der Waals surface area (Å²) in [5, 5.41) is 20.5. The van der Waals surface area contributed by atoms with Crippen molar-refractivity contribution in [1.29, 1.82) is 0 Å². The number of ether oxygens (including phenoxy) is 4. The number of nitrogens with one attached hydrogen (secondary N) is 3. The van der Waals surface area contributed by atoms with Crippen LogP contribution in [0.1, 0.15) is 44.7 Å². The lowest BCUT2D eigenvalue weighted by Crippen LogP contribution is -2.58. The zero-order chi connectivity index (χ0) is 35.7. The van der Waals surface area contributed by atoms with Crippen molar-refractivity contribution in [3.05, 3.63) is 90.1 Å². The fraction of sp³-hybridized carbons (Fsp3) is 0.474. The molecule has 0 spiro atoms. The van der Waals surface area contributed by atoms with E-state index in [0.717, 1.165) is 28.8 Å². The van der Waals surface area contributed by atoms with Crippen LogP contribution in [0.15, 0.2) is 79.0 Å². The Morgan fingerprint density at radius 2 is 1.62 bits per heavy atom. The minimum atomic E-state index is -1.11. The maximum atomic E-state index is 13.8. The summed E-state index contributed by atoms with van der Waals surface area (Å²) in [5.74, 6) is -0.490. The van der Waals surface area contributed by atoms with Crippen molar-refractivity contribution in [2.75, 3.05) is 20.3 Å². The third-order valence-electron chi connectivity index (χ3n) is 9.15. The molecular formula is C38H48N4O8. The van der Waals surface area contributed by atoms with Crippen LogP contribution >= 0.6 is 0 Å². The number of carbonyl (C=O) groups excluding carboxylic acids is 3. The second-order valence-electron chi connectivity index (χ2n) is 14.0. The Bertz CT molecular complexity index is 1550. The van der Waals surface area contributed by atoms with Crippen LogP contribution in [0, 0.1) is 11.3 Å². The van der Waals surface area contributed by atoms with Gasteiger partial charge in [-0.25, -0.2) is 9.59 Å². The van der Waals surface area contributed by atoms with Gasteiger partial charge in [-0.2, -0.15) is 0 Å². The van der Waals surface area contributed by atoms with Crippen molar-refractivity contribution in [3.8, 4) is 11.3 Å². The standard InChI is InChI=1S/C38H48N4O8/c1-38(2,3)33(42-36(45)47-4)34(44)41-30(21-25-13-15-26(16-14-25)29-12-8-9-18-39-29)31(43)22-27(20-24-10-6-5-7-11-24)40-37(46)50-32-23-49-35-28(32)17-19-48-35/h5-16,18,27-28,30-33,35,43H,17,19-23H2,1-4H3,(H,40,46)(H,41,44)(H,42,45)/t27-,28-,30-,31-,32?,33+,35+/m0/s1. The Morgan fingerprint density at radius 1 is 0.900 bits per heavy atom. The molecular weight excluding hydrogens is 640 g/mol. The first kappa shape index (κ1) is 36.8. The second kappa shape index (κ2) is 16.9. The Hall–Kier alpha value is -4.52. The molecule has 0 aliphatic carbocycles. The molecule has 4 N–H and O–H groups in total. The van der Waals surface area contributed by atoms with E-state index >= 15 is 0 Å². The van der Waals surface area contributed by atoms with Crippen LogP contribution in [0.2, 0.25) is 0 Å². The van der Waals surface area contributed by atoms with Crippen LogP contribution in [0.25, 0.3) is 11.3 Å². The molecule has 3 amide bonds. The molecule has 12 heteroatoms. The van der Waals surface area contributed by atoms with Gasteiger partial charge in [0, 0.05) is 17.8 Å². The lowest BCUT2D eigenvalue weighted by atomic mass is 9.85. The van der Waals surface area contributed by atoms with E-state index < -0.39 is 53.8 Å². The van der Waals surface area contributed by atoms with Gasteiger partial charge in [0.1, 0.15) is 12.1 Å². The third-order valence-corrected chi connectivity index (χ3v) is 9.15. The summed E-state index contributed by atoms with van der Waals surface area (Å²) in [7, 11) is 1.23. The van der Waals surface area contributed by atoms with E-state index in [2.05, 4.69) is 20.9 Å². The number of aliphatic hydroxyl groups excluding tert-OH is 1. The van der Waals surface area contributed by atoms with Crippen LogP contribution in [-0.4, -0.2) is 85.1 Å². The van der Waals surface area contributed by atoms with Gasteiger partial charge >= 0.3 is 12.2 Å². The smallest absolute Gasteiger partial charge is 0.407 e. The number of nitrogens with zero attached hydrogens (tertiary/aromatic N) is 1. The van der Waals surface area contributed by atoms with Crippen LogP contribution in [0.3, 0.4) is 0 Å². The zero-order valence-corrected chi connectivity index (χ0v) is 29.0. The lowest BCUT2D eigenvalue weighted by molar-refractivity contribution is -0.127. The highest BCUT2D eigenvalue weighted by molar-refractivity contribution is 5.86. The number of fused-ring (bicyclic) bond motifs is 1. The molecule has 2 fully saturated rings. The summed E-state index contributed by atoms with van der Waals surface area (Å²) in [6.45, 7) is 6.31. The van der Waals surface area contributed by atoms with Crippen molar-refractivity contribution in [3.63, 3.8) is 0 Å². The Morgan fingerprint density at radius 3 is 2.30 bits per heavy atom. The number of benzene rings is 2. The number of aliphatic hydroxyl groups is 1. The molecule has 5 rings (SSSR count). The molecule has 268 valence electrons. The minimum absolute atomic E-state index is 0.0167. The van der Waals surface area contributed by atoms with E-state index in [-0.39, 0.29) is 31.7 Å². The molecule has 0 saturated carbocycles. The molecule has 3 aromatic rings. The van der Waals surface area contributed by atoms with Gasteiger partial charge < -0.3 is 40.0 Å². The molecule has 1 aromatic heterocycles. The van der Waals surface area contributed by atoms with E-state index in [1.807, 2.05) is 93.6 Å². The maximum Gasteiger partial charge on any atom is 0.407 e. The molecule has 2 saturated heterocycles. The van der Waals surface area contributed by atoms with Crippen LogP contribution < -0.4 is 16.0 Å². The zero-order valence-electron chi connectivity index (χ0n) is 29.0. The number of carbonyl (C=O) groups is 3. The molecule has 0 bridgehead atoms. The van der Waals surface area contributed by atoms with E-state index in [1.165, 1.54) is 7.11 Å². The van der Waals surface area contributed by atoms with Crippen molar-refractivity contribution in [2.45, 2.75) is 83.1 Å². The first-order chi connectivity index (χ1) is 24.0. The number of hydrogen-bond acceptors (Lipinski definition) is 9. The van der Waals surface area contributed by atoms with Gasteiger partial charge in [-0.3, -0.25) is 9.78 Å². The predicted octanol–water partition coefficient (Wildman–Crippen LogP) is 4.40. The van der Waals surface area contributed by atoms with Gasteiger partial charge in [-0.05, 0) is 54.4 Å². The number of aromatic nitrogens is 1. The van der Waals surface area contributed by atoms with Crippen molar-refractivity contribution >= 4 is 18.1 Å². The molecule has 50 heavy (non-hydrogen) atoms. The minimum Gasteiger partial charge on any atom is -0.453 e. The number of pyridine rings is 1. The monoisotopic (exact) mass is 688 g/mol. The fourth-order valence-corrected chi connectivity index (χ4v) is 6.43. The summed E-state index contributed by atoms with van der Waals surface area (Å²) in [5.41, 5.74) is 2.90. The average Bonchev–Trinajstić information content (AvgIpc) is 3.72. The van der Waals surface area contributed by atoms with Crippen LogP contribution in [0.5, 0.6) is 0 Å². The van der Waals surface area contributed by atoms with Crippen molar-refractivity contribution in [2.24, 2.45) is 11.3 Å². The maximum absolute atomic E-state index is 13.8. The highest BCUT2D eigenvalue weighted by Crippen LogP contribution is 2.33. The Kier molecular flexibility index (Phi) is 12.4. The highest BCUT2D eigenvalue weighted by Gasteiger charge is 2.44. The third kappa shape index (κ3) is 10.0. The molecule has 12 nitrogen and oxygen atoms in total. The van der Waals surface area contributed by atoms with Crippen molar-refractivity contribution < 1.29 is 38.4 Å². The normalized spacial score (nSPS) is 20.9. The first-order valence-corrected chi connectivity index (χ1v) is 17.1. The summed E-state index contributed by atoms with van der Waals surface area (Å²) in [6, 6.07) is 20.8. The molecule has 1 unspecified atom stereocenters. The van der Waals surface area contributed by atoms with Gasteiger partial charge in [-0.15, -0.1) is 0 Å². The SMILES string of the molecule is COC(=O)N[C@H](C(=O)N[C@@H](Cc1ccc(-c2ccccn2)cc1)[C@@H](O)C[C@H](Cc1ccccc1)NC(=O)OC1CO[C@H]2OCC[C@@H]12)C(C)(C)C. The Labute approximate surface area is 293 Å². The van der Waals surface area contributed by atoms with Crippen molar-refractivity contribution in [1.82, 2.24) is 20.9 Å². The van der Waals surface area contributed by atoms with Gasteiger partial charge in [0.05, 0.1) is 44.1 Å². The van der Waals surface area contributed by atoms with E-state index in [4.69, 9.17) is 18.9 Å². The van der Waals surface area contributed by atoms with Crippen LogP contribution in [0.4, 0.5) is 9.59 Å². The molecule has 2 aliphatic heterocycles. The molecule has 2 aromatic carbocycles. The number of hydrogen-bond donors (Lipinski definition) is 4. The average molecular weight is 689 g/mol. The van der Waals surface area contributed by atoms with Gasteiger partial charge in [0.25, 0.3) is 0 Å². The largest absolute Gasteiger partial charge is 0.453 e. The molecule has 7 atom stereocenters. The van der Waals surface area contributed by atoms with Crippen LogP contribution in [-0.2, 0) is 36.6 Å². The topological polar surface area (TPSA) is 157 Å². The summed E-state index contributed by atoms with van der Waals surface area (Å²) in [6.07, 6.45) is 0.0237. The summed E-state index contributed by atoms with van der Waals surface area (Å²) in [4.78, 5) is 43.7. The lowest BCUT2D eigenvalue weighted by Gasteiger charge is -2.33. The van der Waals surface area contributed by atoms with E-state index in [0.29, 0.717) is 13.0 Å². The molecule has 3 heterocycles. The van der Waals surface area contributed by atoms with E-state index in [9.17, 15) is 19.5 Å². The van der Waals surface area contributed by atoms with Gasteiger partial charge in [0.2, 0.25) is 5.91 Å². The Balaban J connectivity index is 1.35. The highest BCUT2D eigenvalue weighted by atomic mass is 16.7. The van der Waals surface area contributed by atoms with E-state index in [1.54, 1.807) is 6.20 Å². The summed E-state index contributed by atoms with van der Waals surface area (Å²) >= 11 is 0. The fourth-order valence-electron chi connectivity index (χ4n) is 6.43. The first-order valence-electron chi connectivity index (χ1n) is 17.1. The molecule has 0 radical (unpaired) electrons. The number of methoxy groups -OCH3 is 1. The quantitative estimate of drug-likeness (QED) is 0.204. The number of alkyl carbamates (subject to hydrolysis) is 2. The van der Waals surface area contributed by atoms with Gasteiger partial charge in [-0.1, -0.05) is 81.4 Å². The second-order valence-corrected chi connectivity index (χ2v) is 14.0. The number of rotatable bonds is 13. The van der Waals surface area contributed by atoms with Gasteiger partial charge in [0.15, 0.2) is 6.29 Å². The summed E-state index contributed by atoms with van der Waals surface area (Å²) < 4.78 is 21.8. The number of amides is 3. The molecule has 2 aliphatic rings.